The number of carboxylic acid groups (broad SMARTS) is 1. The third-order valence-corrected chi connectivity index (χ3v) is 2.67. The molecule has 0 radical (unpaired) electrons. The van der Waals surface area contributed by atoms with Crippen molar-refractivity contribution in [2.75, 3.05) is 5.32 Å². The van der Waals surface area contributed by atoms with Crippen molar-refractivity contribution in [1.29, 1.82) is 0 Å². The fourth-order valence-electron chi connectivity index (χ4n) is 1.65. The first-order valence-electron chi connectivity index (χ1n) is 5.03. The number of aromatic carboxylic acids is 1. The van der Waals surface area contributed by atoms with Gasteiger partial charge in [0, 0.05) is 18.4 Å². The lowest BCUT2D eigenvalue weighted by molar-refractivity contribution is 0.0691. The lowest BCUT2D eigenvalue weighted by Gasteiger charge is -2.06. The molecule has 5 nitrogen and oxygen atoms in total. The van der Waals surface area contributed by atoms with Gasteiger partial charge in [-0.1, -0.05) is 13.3 Å². The molecule has 2 unspecified atom stereocenters. The zero-order chi connectivity index (χ0) is 10.8. The number of carbonyl (C=O) groups is 1. The van der Waals surface area contributed by atoms with Crippen LogP contribution in [-0.2, 0) is 0 Å². The van der Waals surface area contributed by atoms with Crippen LogP contribution in [-0.4, -0.2) is 27.1 Å². The molecule has 5 heteroatoms. The van der Waals surface area contributed by atoms with Gasteiger partial charge >= 0.3 is 5.97 Å². The van der Waals surface area contributed by atoms with Crippen molar-refractivity contribution in [1.82, 2.24) is 9.97 Å². The summed E-state index contributed by atoms with van der Waals surface area (Å²) in [5, 5.41) is 12.0. The maximum atomic E-state index is 10.8. The van der Waals surface area contributed by atoms with Gasteiger partial charge in [-0.25, -0.2) is 14.8 Å². The van der Waals surface area contributed by atoms with E-state index in [0.717, 1.165) is 12.8 Å². The molecule has 1 aliphatic rings. The monoisotopic (exact) mass is 207 g/mol. The Morgan fingerprint density at radius 1 is 1.60 bits per heavy atom. The van der Waals surface area contributed by atoms with E-state index in [1.807, 2.05) is 0 Å². The molecule has 80 valence electrons. The zero-order valence-electron chi connectivity index (χ0n) is 8.47. The normalized spacial score (nSPS) is 23.5. The molecular weight excluding hydrogens is 194 g/mol. The number of nitrogens with one attached hydrogen (secondary N) is 1. The molecule has 1 aromatic rings. The van der Waals surface area contributed by atoms with Crippen LogP contribution in [0.1, 0.15) is 30.3 Å². The largest absolute Gasteiger partial charge is 0.476 e. The molecule has 2 N–H and O–H groups in total. The molecule has 1 heterocycles. The lowest BCUT2D eigenvalue weighted by Crippen LogP contribution is -2.12. The quantitative estimate of drug-likeness (QED) is 0.780. The van der Waals surface area contributed by atoms with Gasteiger partial charge in [0.1, 0.15) is 0 Å². The van der Waals surface area contributed by atoms with Crippen LogP contribution in [0.3, 0.4) is 0 Å². The van der Waals surface area contributed by atoms with Gasteiger partial charge < -0.3 is 10.4 Å². The predicted molar refractivity (Wildman–Crippen MR) is 54.8 cm³/mol. The highest BCUT2D eigenvalue weighted by Gasteiger charge is 2.36. The SMILES string of the molecule is CCC1CC1Nc1nccnc1C(=O)O. The summed E-state index contributed by atoms with van der Waals surface area (Å²) in [6.45, 7) is 2.13. The molecular formula is C10H13N3O2. The van der Waals surface area contributed by atoms with Gasteiger partial charge in [-0.05, 0) is 12.3 Å². The standard InChI is InChI=1S/C10H13N3O2/c1-2-6-5-7(6)13-9-8(10(14)15)11-3-4-12-9/h3-4,6-7H,2,5H2,1H3,(H,12,13)(H,14,15). The Hall–Kier alpha value is -1.65. The first-order chi connectivity index (χ1) is 7.22. The summed E-state index contributed by atoms with van der Waals surface area (Å²) in [5.74, 6) is -0.0149. The molecule has 1 aromatic heterocycles. The van der Waals surface area contributed by atoms with Gasteiger partial charge in [0.05, 0.1) is 0 Å². The lowest BCUT2D eigenvalue weighted by atomic mass is 10.3. The molecule has 0 aromatic carbocycles. The fraction of sp³-hybridized carbons (Fsp3) is 0.500. The number of nitrogens with zero attached hydrogens (tertiary/aromatic N) is 2. The summed E-state index contributed by atoms with van der Waals surface area (Å²) in [6, 6.07) is 0.366. The summed E-state index contributed by atoms with van der Waals surface area (Å²) in [4.78, 5) is 18.6. The van der Waals surface area contributed by atoms with Crippen molar-refractivity contribution in [3.8, 4) is 0 Å². The van der Waals surface area contributed by atoms with Crippen molar-refractivity contribution in [3.05, 3.63) is 18.1 Å². The summed E-state index contributed by atoms with van der Waals surface area (Å²) in [5.41, 5.74) is -0.000692. The maximum Gasteiger partial charge on any atom is 0.358 e. The van der Waals surface area contributed by atoms with E-state index in [1.54, 1.807) is 0 Å². The molecule has 0 bridgehead atoms. The first-order valence-corrected chi connectivity index (χ1v) is 5.03. The first kappa shape index (κ1) is 9.89. The summed E-state index contributed by atoms with van der Waals surface area (Å²) in [6.07, 6.45) is 5.09. The topological polar surface area (TPSA) is 75.1 Å². The second-order valence-electron chi connectivity index (χ2n) is 3.71. The van der Waals surface area contributed by atoms with E-state index in [9.17, 15) is 4.79 Å². The smallest absolute Gasteiger partial charge is 0.358 e. The van der Waals surface area contributed by atoms with E-state index in [1.165, 1.54) is 12.4 Å². The molecule has 0 aliphatic heterocycles. The third-order valence-electron chi connectivity index (χ3n) is 2.67. The van der Waals surface area contributed by atoms with Crippen molar-refractivity contribution in [2.45, 2.75) is 25.8 Å². The summed E-state index contributed by atoms with van der Waals surface area (Å²) >= 11 is 0. The van der Waals surface area contributed by atoms with Gasteiger partial charge in [0.15, 0.2) is 11.5 Å². The maximum absolute atomic E-state index is 10.8. The highest BCUT2D eigenvalue weighted by atomic mass is 16.4. The Morgan fingerprint density at radius 3 is 2.93 bits per heavy atom. The van der Waals surface area contributed by atoms with Crippen molar-refractivity contribution >= 4 is 11.8 Å². The third kappa shape index (κ3) is 2.06. The van der Waals surface area contributed by atoms with Crippen molar-refractivity contribution in [3.63, 3.8) is 0 Å². The van der Waals surface area contributed by atoms with Crippen LogP contribution in [0, 0.1) is 5.92 Å². The van der Waals surface area contributed by atoms with Crippen LogP contribution >= 0.6 is 0 Å². The van der Waals surface area contributed by atoms with Gasteiger partial charge in [-0.2, -0.15) is 0 Å². The molecule has 0 amide bonds. The average molecular weight is 207 g/mol. The molecule has 2 rings (SSSR count). The van der Waals surface area contributed by atoms with E-state index in [-0.39, 0.29) is 5.69 Å². The average Bonchev–Trinajstić information content (AvgIpc) is 2.97. The Labute approximate surface area is 87.6 Å². The minimum atomic E-state index is -1.04. The Morgan fingerprint density at radius 2 is 2.33 bits per heavy atom. The number of carboxylic acids is 1. The highest BCUT2D eigenvalue weighted by Crippen LogP contribution is 2.35. The summed E-state index contributed by atoms with van der Waals surface area (Å²) < 4.78 is 0. The Bertz CT molecular complexity index is 381. The molecule has 1 saturated carbocycles. The number of aromatic nitrogens is 2. The van der Waals surface area contributed by atoms with E-state index in [4.69, 9.17) is 5.11 Å². The Kier molecular flexibility index (Phi) is 2.53. The van der Waals surface area contributed by atoms with Gasteiger partial charge in [-0.15, -0.1) is 0 Å². The molecule has 0 spiro atoms. The second kappa shape index (κ2) is 3.84. The van der Waals surface area contributed by atoms with Crippen LogP contribution in [0.15, 0.2) is 12.4 Å². The van der Waals surface area contributed by atoms with Crippen LogP contribution in [0.4, 0.5) is 5.82 Å². The van der Waals surface area contributed by atoms with Crippen LogP contribution in [0.2, 0.25) is 0 Å². The van der Waals surface area contributed by atoms with Gasteiger partial charge in [0.25, 0.3) is 0 Å². The van der Waals surface area contributed by atoms with E-state index in [2.05, 4.69) is 22.2 Å². The van der Waals surface area contributed by atoms with E-state index >= 15 is 0 Å². The van der Waals surface area contributed by atoms with Crippen LogP contribution in [0.25, 0.3) is 0 Å². The van der Waals surface area contributed by atoms with E-state index in [0.29, 0.717) is 17.8 Å². The molecule has 0 saturated heterocycles. The van der Waals surface area contributed by atoms with Gasteiger partial charge in [0.2, 0.25) is 0 Å². The van der Waals surface area contributed by atoms with Crippen molar-refractivity contribution < 1.29 is 9.90 Å². The van der Waals surface area contributed by atoms with Gasteiger partial charge in [-0.3, -0.25) is 0 Å². The van der Waals surface area contributed by atoms with E-state index < -0.39 is 5.97 Å². The summed E-state index contributed by atoms with van der Waals surface area (Å²) in [7, 11) is 0. The number of anilines is 1. The highest BCUT2D eigenvalue weighted by molar-refractivity contribution is 5.90. The predicted octanol–water partition coefficient (Wildman–Crippen LogP) is 1.39. The molecule has 15 heavy (non-hydrogen) atoms. The van der Waals surface area contributed by atoms with Crippen molar-refractivity contribution in [2.24, 2.45) is 5.92 Å². The fourth-order valence-corrected chi connectivity index (χ4v) is 1.65. The molecule has 1 fully saturated rings. The number of hydrogen-bond acceptors (Lipinski definition) is 4. The molecule has 2 atom stereocenters. The van der Waals surface area contributed by atoms with Crippen LogP contribution in [0.5, 0.6) is 0 Å². The molecule has 1 aliphatic carbocycles. The zero-order valence-corrected chi connectivity index (χ0v) is 8.47. The van der Waals surface area contributed by atoms with Crippen LogP contribution < -0.4 is 5.32 Å². The Balaban J connectivity index is 2.11. The number of rotatable bonds is 4. The minimum Gasteiger partial charge on any atom is -0.476 e. The second-order valence-corrected chi connectivity index (χ2v) is 3.71. The minimum absolute atomic E-state index is 0.000692. The number of hydrogen-bond donors (Lipinski definition) is 2.